The minimum absolute atomic E-state index is 0.202. The smallest absolute Gasteiger partial charge is 0.284 e. The van der Waals surface area contributed by atoms with Gasteiger partial charge in [-0.25, -0.2) is 5.48 Å². The molecule has 0 saturated heterocycles. The molecular formula is C12H9N3O3S. The fraction of sp³-hybridized carbons (Fsp3) is 0. The first kappa shape index (κ1) is 11.7. The number of rotatable bonds is 2. The van der Waals surface area contributed by atoms with Crippen LogP contribution in [0.15, 0.2) is 24.4 Å². The summed E-state index contributed by atoms with van der Waals surface area (Å²) < 4.78 is 0. The molecule has 6 nitrogen and oxygen atoms in total. The van der Waals surface area contributed by atoms with E-state index in [0.717, 1.165) is 17.0 Å². The van der Waals surface area contributed by atoms with Crippen molar-refractivity contribution >= 4 is 39.8 Å². The predicted molar refractivity (Wildman–Crippen MR) is 70.9 cm³/mol. The lowest BCUT2D eigenvalue weighted by Gasteiger charge is -1.96. The fourth-order valence-electron chi connectivity index (χ4n) is 1.88. The summed E-state index contributed by atoms with van der Waals surface area (Å²) in [5.74, 6) is -0.792. The molecule has 3 rings (SSSR count). The number of hydrogen-bond acceptors (Lipinski definition) is 4. The highest BCUT2D eigenvalue weighted by Gasteiger charge is 2.28. The molecule has 4 N–H and O–H groups in total. The SMILES string of the molecule is O=C1Nc2sc(C(=O)NO)cc2/C1=C/c1ccc[nH]1. The lowest BCUT2D eigenvalue weighted by Crippen LogP contribution is -2.17. The van der Waals surface area contributed by atoms with Gasteiger partial charge in [-0.2, -0.15) is 0 Å². The maximum Gasteiger partial charge on any atom is 0.284 e. The number of anilines is 1. The number of nitrogens with one attached hydrogen (secondary N) is 3. The molecule has 0 spiro atoms. The molecule has 1 aliphatic rings. The van der Waals surface area contributed by atoms with E-state index in [2.05, 4.69) is 10.3 Å². The zero-order chi connectivity index (χ0) is 13.4. The van der Waals surface area contributed by atoms with Crippen LogP contribution in [0, 0.1) is 0 Å². The molecule has 1 aliphatic heterocycles. The normalized spacial score (nSPS) is 15.4. The van der Waals surface area contributed by atoms with Gasteiger partial charge in [0.1, 0.15) is 5.00 Å². The van der Waals surface area contributed by atoms with E-state index in [0.29, 0.717) is 21.0 Å². The molecule has 0 bridgehead atoms. The summed E-state index contributed by atoms with van der Waals surface area (Å²) in [5, 5.41) is 11.9. The van der Waals surface area contributed by atoms with Gasteiger partial charge in [-0.15, -0.1) is 11.3 Å². The summed E-state index contributed by atoms with van der Waals surface area (Å²) in [7, 11) is 0. The van der Waals surface area contributed by atoms with Crippen LogP contribution in [-0.2, 0) is 4.79 Å². The highest BCUT2D eigenvalue weighted by Crippen LogP contribution is 2.39. The van der Waals surface area contributed by atoms with E-state index in [4.69, 9.17) is 5.21 Å². The summed E-state index contributed by atoms with van der Waals surface area (Å²) in [6.45, 7) is 0. The number of fused-ring (bicyclic) bond motifs is 1. The number of carbonyl (C=O) groups excluding carboxylic acids is 2. The molecule has 0 aliphatic carbocycles. The van der Waals surface area contributed by atoms with E-state index in [-0.39, 0.29) is 5.91 Å². The fourth-order valence-corrected chi connectivity index (χ4v) is 2.83. The summed E-state index contributed by atoms with van der Waals surface area (Å²) in [5.41, 5.74) is 3.54. The summed E-state index contributed by atoms with van der Waals surface area (Å²) in [4.78, 5) is 26.5. The van der Waals surface area contributed by atoms with Crippen molar-refractivity contribution in [2.45, 2.75) is 0 Å². The minimum Gasteiger partial charge on any atom is -0.362 e. The Morgan fingerprint density at radius 3 is 3.00 bits per heavy atom. The highest BCUT2D eigenvalue weighted by atomic mass is 32.1. The van der Waals surface area contributed by atoms with Gasteiger partial charge in [0.25, 0.3) is 11.8 Å². The molecule has 2 aromatic rings. The lowest BCUT2D eigenvalue weighted by atomic mass is 10.1. The molecule has 0 fully saturated rings. The molecule has 0 aromatic carbocycles. The Labute approximate surface area is 111 Å². The van der Waals surface area contributed by atoms with Crippen molar-refractivity contribution in [3.63, 3.8) is 0 Å². The van der Waals surface area contributed by atoms with Crippen molar-refractivity contribution < 1.29 is 14.8 Å². The van der Waals surface area contributed by atoms with E-state index < -0.39 is 5.91 Å². The van der Waals surface area contributed by atoms with Crippen molar-refractivity contribution in [3.05, 3.63) is 40.5 Å². The van der Waals surface area contributed by atoms with Crippen molar-refractivity contribution in [2.75, 3.05) is 5.32 Å². The first-order valence-corrected chi connectivity index (χ1v) is 6.26. The van der Waals surface area contributed by atoms with Crippen molar-refractivity contribution in [1.29, 1.82) is 0 Å². The third-order valence-corrected chi connectivity index (χ3v) is 3.79. The van der Waals surface area contributed by atoms with E-state index >= 15 is 0 Å². The number of amides is 2. The zero-order valence-electron chi connectivity index (χ0n) is 9.56. The molecule has 3 heterocycles. The number of hydroxylamine groups is 1. The molecular weight excluding hydrogens is 266 g/mol. The third kappa shape index (κ3) is 1.94. The topological polar surface area (TPSA) is 94.2 Å². The van der Waals surface area contributed by atoms with Crippen LogP contribution >= 0.6 is 11.3 Å². The van der Waals surface area contributed by atoms with Crippen LogP contribution in [0.2, 0.25) is 0 Å². The first-order valence-electron chi connectivity index (χ1n) is 5.44. The van der Waals surface area contributed by atoms with Gasteiger partial charge >= 0.3 is 0 Å². The quantitative estimate of drug-likeness (QED) is 0.381. The largest absolute Gasteiger partial charge is 0.362 e. The van der Waals surface area contributed by atoms with Gasteiger partial charge in [0.15, 0.2) is 0 Å². The van der Waals surface area contributed by atoms with Crippen molar-refractivity contribution in [1.82, 2.24) is 10.5 Å². The lowest BCUT2D eigenvalue weighted by molar-refractivity contribution is -0.110. The second-order valence-corrected chi connectivity index (χ2v) is 4.98. The molecule has 2 aromatic heterocycles. The summed E-state index contributed by atoms with van der Waals surface area (Å²) in [6.07, 6.45) is 3.48. The number of thiophene rings is 1. The van der Waals surface area contributed by atoms with E-state index in [1.165, 1.54) is 0 Å². The van der Waals surface area contributed by atoms with Crippen LogP contribution in [0.3, 0.4) is 0 Å². The standard InChI is InChI=1S/C12H9N3O3S/c16-10-7(4-6-2-1-3-13-6)8-5-9(11(17)15-18)19-12(8)14-10/h1-5,13,18H,(H,14,16)(H,15,17)/b7-4-. The van der Waals surface area contributed by atoms with E-state index in [1.54, 1.807) is 23.8 Å². The van der Waals surface area contributed by atoms with E-state index in [1.807, 2.05) is 12.1 Å². The van der Waals surface area contributed by atoms with Crippen LogP contribution in [0.25, 0.3) is 11.6 Å². The Morgan fingerprint density at radius 1 is 1.47 bits per heavy atom. The third-order valence-electron chi connectivity index (χ3n) is 2.74. The number of H-pyrrole nitrogens is 1. The Bertz CT molecular complexity index is 685. The number of aromatic amines is 1. The molecule has 0 atom stereocenters. The summed E-state index contributed by atoms with van der Waals surface area (Å²) >= 11 is 1.12. The van der Waals surface area contributed by atoms with Gasteiger partial charge in [-0.3, -0.25) is 14.8 Å². The van der Waals surface area contributed by atoms with Crippen LogP contribution < -0.4 is 10.8 Å². The molecule has 7 heteroatoms. The van der Waals surface area contributed by atoms with Gasteiger partial charge in [0.05, 0.1) is 10.5 Å². The first-order chi connectivity index (χ1) is 9.19. The van der Waals surface area contributed by atoms with Crippen LogP contribution in [0.5, 0.6) is 0 Å². The average molecular weight is 275 g/mol. The van der Waals surface area contributed by atoms with Crippen molar-refractivity contribution in [2.24, 2.45) is 0 Å². The summed E-state index contributed by atoms with van der Waals surface area (Å²) in [6, 6.07) is 5.25. The van der Waals surface area contributed by atoms with Crippen molar-refractivity contribution in [3.8, 4) is 0 Å². The maximum absolute atomic E-state index is 11.8. The second kappa shape index (κ2) is 4.38. The molecule has 0 saturated carbocycles. The van der Waals surface area contributed by atoms with Crippen LogP contribution in [0.4, 0.5) is 5.00 Å². The number of aromatic nitrogens is 1. The Kier molecular flexibility index (Phi) is 2.69. The van der Waals surface area contributed by atoms with Gasteiger partial charge in [-0.05, 0) is 24.3 Å². The van der Waals surface area contributed by atoms with E-state index in [9.17, 15) is 9.59 Å². The predicted octanol–water partition coefficient (Wildman–Crippen LogP) is 1.69. The second-order valence-electron chi connectivity index (χ2n) is 3.93. The van der Waals surface area contributed by atoms with Crippen LogP contribution in [0.1, 0.15) is 20.9 Å². The zero-order valence-corrected chi connectivity index (χ0v) is 10.4. The number of carbonyl (C=O) groups is 2. The molecule has 2 amide bonds. The molecule has 19 heavy (non-hydrogen) atoms. The molecule has 96 valence electrons. The Balaban J connectivity index is 2.03. The minimum atomic E-state index is -0.590. The Morgan fingerprint density at radius 2 is 2.32 bits per heavy atom. The van der Waals surface area contributed by atoms with Gasteiger partial charge in [-0.1, -0.05) is 0 Å². The highest BCUT2D eigenvalue weighted by molar-refractivity contribution is 7.18. The monoisotopic (exact) mass is 275 g/mol. The number of hydrogen-bond donors (Lipinski definition) is 4. The Hall–Kier alpha value is -2.38. The van der Waals surface area contributed by atoms with Gasteiger partial charge in [0.2, 0.25) is 0 Å². The van der Waals surface area contributed by atoms with Crippen LogP contribution in [-0.4, -0.2) is 22.0 Å². The maximum atomic E-state index is 11.8. The van der Waals surface area contributed by atoms with Gasteiger partial charge < -0.3 is 10.3 Å². The molecule has 0 unspecified atom stereocenters. The molecule has 0 radical (unpaired) electrons. The average Bonchev–Trinajstić information content (AvgIpc) is 3.08. The van der Waals surface area contributed by atoms with Gasteiger partial charge in [0, 0.05) is 17.5 Å².